The van der Waals surface area contributed by atoms with Crippen molar-refractivity contribution in [3.63, 3.8) is 0 Å². The van der Waals surface area contributed by atoms with E-state index in [0.29, 0.717) is 0 Å². The number of para-hydroxylation sites is 1. The van der Waals surface area contributed by atoms with Crippen LogP contribution >= 0.6 is 0 Å². The lowest BCUT2D eigenvalue weighted by Gasteiger charge is -2.11. The molecule has 0 bridgehead atoms. The molecule has 0 spiro atoms. The summed E-state index contributed by atoms with van der Waals surface area (Å²) in [7, 11) is 1.68. The second-order valence-corrected chi connectivity index (χ2v) is 3.98. The van der Waals surface area contributed by atoms with E-state index in [4.69, 9.17) is 4.74 Å². The van der Waals surface area contributed by atoms with Crippen molar-refractivity contribution >= 4 is 6.21 Å². The number of aromatic nitrogens is 1. The fourth-order valence-electron chi connectivity index (χ4n) is 1.74. The first-order valence-corrected chi connectivity index (χ1v) is 5.87. The van der Waals surface area contributed by atoms with Gasteiger partial charge in [-0.1, -0.05) is 24.3 Å². The third kappa shape index (κ3) is 2.94. The molecule has 0 saturated heterocycles. The number of hydrogen-bond donors (Lipinski definition) is 0. The van der Waals surface area contributed by atoms with Crippen molar-refractivity contribution in [1.29, 1.82) is 0 Å². The summed E-state index contributed by atoms with van der Waals surface area (Å²) in [4.78, 5) is 8.58. The highest BCUT2D eigenvalue weighted by molar-refractivity contribution is 5.79. The van der Waals surface area contributed by atoms with E-state index in [1.165, 1.54) is 0 Å². The highest BCUT2D eigenvalue weighted by Gasteiger charge is 2.08. The fraction of sp³-hybridized carbons (Fsp3) is 0.200. The predicted molar refractivity (Wildman–Crippen MR) is 73.2 cm³/mol. The molecule has 0 aliphatic rings. The summed E-state index contributed by atoms with van der Waals surface area (Å²) in [6, 6.07) is 11.9. The molecule has 0 aliphatic carbocycles. The largest absolute Gasteiger partial charge is 0.496 e. The zero-order valence-corrected chi connectivity index (χ0v) is 10.6. The maximum atomic E-state index is 5.33. The molecule has 0 saturated carbocycles. The number of methoxy groups -OCH3 is 1. The third-order valence-corrected chi connectivity index (χ3v) is 2.72. The number of ether oxygens (including phenoxy) is 1. The van der Waals surface area contributed by atoms with Gasteiger partial charge in [-0.15, -0.1) is 0 Å². The normalized spacial score (nSPS) is 12.6. The monoisotopic (exact) mass is 240 g/mol. The molecule has 1 heterocycles. The lowest BCUT2D eigenvalue weighted by Crippen LogP contribution is -1.95. The minimum absolute atomic E-state index is 0.0568. The molecule has 1 atom stereocenters. The Hall–Kier alpha value is -2.16. The first-order valence-electron chi connectivity index (χ1n) is 5.87. The summed E-state index contributed by atoms with van der Waals surface area (Å²) in [6.07, 6.45) is 5.38. The second-order valence-electron chi connectivity index (χ2n) is 3.98. The van der Waals surface area contributed by atoms with Gasteiger partial charge in [0.15, 0.2) is 0 Å². The van der Waals surface area contributed by atoms with E-state index >= 15 is 0 Å². The Kier molecular flexibility index (Phi) is 4.07. The third-order valence-electron chi connectivity index (χ3n) is 2.72. The molecule has 3 heteroatoms. The van der Waals surface area contributed by atoms with Crippen molar-refractivity contribution in [3.8, 4) is 5.75 Å². The van der Waals surface area contributed by atoms with Crippen molar-refractivity contribution in [2.75, 3.05) is 7.11 Å². The van der Waals surface area contributed by atoms with E-state index in [0.717, 1.165) is 16.9 Å². The Morgan fingerprint density at radius 1 is 1.22 bits per heavy atom. The first-order chi connectivity index (χ1) is 8.81. The quantitative estimate of drug-likeness (QED) is 0.769. The molecule has 3 nitrogen and oxygen atoms in total. The number of aliphatic imine (C=N–C) groups is 1. The molecule has 0 aliphatic heterocycles. The minimum atomic E-state index is 0.0568. The number of hydrogen-bond acceptors (Lipinski definition) is 3. The summed E-state index contributed by atoms with van der Waals surface area (Å²) >= 11 is 0. The van der Waals surface area contributed by atoms with Crippen LogP contribution in [-0.4, -0.2) is 18.3 Å². The second kappa shape index (κ2) is 5.96. The molecule has 1 unspecified atom stereocenters. The van der Waals surface area contributed by atoms with Gasteiger partial charge in [0.05, 0.1) is 13.2 Å². The molecule has 18 heavy (non-hydrogen) atoms. The van der Waals surface area contributed by atoms with Gasteiger partial charge in [0.1, 0.15) is 5.75 Å². The van der Waals surface area contributed by atoms with E-state index in [2.05, 4.69) is 9.98 Å². The number of benzene rings is 1. The minimum Gasteiger partial charge on any atom is -0.496 e. The molecule has 0 radical (unpaired) electrons. The molecule has 0 amide bonds. The van der Waals surface area contributed by atoms with Crippen molar-refractivity contribution in [2.24, 2.45) is 4.99 Å². The van der Waals surface area contributed by atoms with Gasteiger partial charge in [0.2, 0.25) is 0 Å². The van der Waals surface area contributed by atoms with Gasteiger partial charge in [-0.25, -0.2) is 0 Å². The van der Waals surface area contributed by atoms with Crippen LogP contribution < -0.4 is 4.74 Å². The maximum absolute atomic E-state index is 5.33. The molecule has 2 rings (SSSR count). The Morgan fingerprint density at radius 3 is 2.78 bits per heavy atom. The van der Waals surface area contributed by atoms with E-state index < -0.39 is 0 Å². The van der Waals surface area contributed by atoms with Gasteiger partial charge in [-0.2, -0.15) is 0 Å². The van der Waals surface area contributed by atoms with Crippen LogP contribution in [0.5, 0.6) is 5.75 Å². The molecule has 1 aromatic heterocycles. The fourth-order valence-corrected chi connectivity index (χ4v) is 1.74. The van der Waals surface area contributed by atoms with Gasteiger partial charge in [0.25, 0.3) is 0 Å². The summed E-state index contributed by atoms with van der Waals surface area (Å²) in [6.45, 7) is 2.05. The molecule has 0 fully saturated rings. The Balaban J connectivity index is 2.17. The van der Waals surface area contributed by atoms with Crippen LogP contribution in [-0.2, 0) is 0 Å². The number of nitrogens with zero attached hydrogens (tertiary/aromatic N) is 2. The molecule has 0 N–H and O–H groups in total. The van der Waals surface area contributed by atoms with Gasteiger partial charge in [-0.3, -0.25) is 9.98 Å². The average molecular weight is 240 g/mol. The average Bonchev–Trinajstić information content (AvgIpc) is 2.45. The smallest absolute Gasteiger partial charge is 0.124 e. The van der Waals surface area contributed by atoms with E-state index in [1.807, 2.05) is 49.5 Å². The van der Waals surface area contributed by atoms with Crippen molar-refractivity contribution in [1.82, 2.24) is 4.98 Å². The van der Waals surface area contributed by atoms with Crippen molar-refractivity contribution < 1.29 is 4.74 Å². The summed E-state index contributed by atoms with van der Waals surface area (Å²) in [5.41, 5.74) is 2.08. The van der Waals surface area contributed by atoms with Gasteiger partial charge < -0.3 is 4.74 Å². The van der Waals surface area contributed by atoms with Crippen molar-refractivity contribution in [3.05, 3.63) is 59.9 Å². The van der Waals surface area contributed by atoms with Crippen LogP contribution in [0.3, 0.4) is 0 Å². The van der Waals surface area contributed by atoms with Crippen LogP contribution in [0.25, 0.3) is 0 Å². The zero-order valence-electron chi connectivity index (χ0n) is 10.6. The Bertz CT molecular complexity index is 523. The van der Waals surface area contributed by atoms with Crippen molar-refractivity contribution in [2.45, 2.75) is 13.0 Å². The zero-order chi connectivity index (χ0) is 12.8. The van der Waals surface area contributed by atoms with Crippen LogP contribution in [0, 0.1) is 0 Å². The predicted octanol–water partition coefficient (Wildman–Crippen LogP) is 3.27. The van der Waals surface area contributed by atoms with Crippen LogP contribution in [0.4, 0.5) is 0 Å². The Morgan fingerprint density at radius 2 is 2.06 bits per heavy atom. The topological polar surface area (TPSA) is 34.5 Å². The Labute approximate surface area is 107 Å². The molecule has 92 valence electrons. The summed E-state index contributed by atoms with van der Waals surface area (Å²) < 4.78 is 5.33. The van der Waals surface area contributed by atoms with Crippen LogP contribution in [0.2, 0.25) is 0 Å². The lowest BCUT2D eigenvalue weighted by molar-refractivity contribution is 0.407. The summed E-state index contributed by atoms with van der Waals surface area (Å²) in [5, 5.41) is 0. The maximum Gasteiger partial charge on any atom is 0.124 e. The van der Waals surface area contributed by atoms with Gasteiger partial charge in [-0.05, 0) is 19.1 Å². The van der Waals surface area contributed by atoms with E-state index in [9.17, 15) is 0 Å². The van der Waals surface area contributed by atoms with E-state index in [1.54, 1.807) is 19.5 Å². The lowest BCUT2D eigenvalue weighted by atomic mass is 10.1. The molecule has 2 aromatic rings. The highest BCUT2D eigenvalue weighted by atomic mass is 16.5. The molecule has 1 aromatic carbocycles. The SMILES string of the molecule is COc1ccccc1C(C)/N=C/c1cccnc1. The number of rotatable bonds is 4. The van der Waals surface area contributed by atoms with Gasteiger partial charge >= 0.3 is 0 Å². The summed E-state index contributed by atoms with van der Waals surface area (Å²) in [5.74, 6) is 0.869. The standard InChI is InChI=1S/C15H16N2O/c1-12(14-7-3-4-8-15(14)18-2)17-11-13-6-5-9-16-10-13/h3-12H,1-2H3/b17-11+. The van der Waals surface area contributed by atoms with E-state index in [-0.39, 0.29) is 6.04 Å². The van der Waals surface area contributed by atoms with Crippen LogP contribution in [0.1, 0.15) is 24.1 Å². The molecular formula is C15H16N2O. The first kappa shape index (κ1) is 12.3. The highest BCUT2D eigenvalue weighted by Crippen LogP contribution is 2.26. The number of pyridine rings is 1. The van der Waals surface area contributed by atoms with Gasteiger partial charge in [0, 0.05) is 29.7 Å². The van der Waals surface area contributed by atoms with Crippen LogP contribution in [0.15, 0.2) is 53.8 Å². The molecular weight excluding hydrogens is 224 g/mol.